The largest absolute Gasteiger partial charge is 0.447 e. The Morgan fingerprint density at radius 2 is 1.54 bits per heavy atom. The summed E-state index contributed by atoms with van der Waals surface area (Å²) in [7, 11) is 0. The maximum atomic E-state index is 13.3. The highest BCUT2D eigenvalue weighted by molar-refractivity contribution is 5.87. The zero-order valence-corrected chi connectivity index (χ0v) is 15.2. The fraction of sp³-hybridized carbons (Fsp3) is 0.636. The lowest BCUT2D eigenvalue weighted by Gasteiger charge is -2.55. The van der Waals surface area contributed by atoms with Crippen LogP contribution in [-0.2, 0) is 14.3 Å². The summed E-state index contributed by atoms with van der Waals surface area (Å²) in [5, 5.41) is 3.02. The molecule has 0 unspecified atom stereocenters. The molecule has 5 aliphatic rings. The average Bonchev–Trinajstić information content (AvgIpc) is 3.43. The zero-order valence-electron chi connectivity index (χ0n) is 15.2. The summed E-state index contributed by atoms with van der Waals surface area (Å²) in [4.78, 5) is 26.1. The van der Waals surface area contributed by atoms with Crippen LogP contribution in [0.2, 0.25) is 0 Å². The molecule has 6 rings (SSSR count). The minimum absolute atomic E-state index is 0.128. The molecule has 1 N–H and O–H groups in total. The van der Waals surface area contributed by atoms with Crippen molar-refractivity contribution in [2.45, 2.75) is 63.5 Å². The highest BCUT2D eigenvalue weighted by Gasteiger charge is 2.56. The van der Waals surface area contributed by atoms with E-state index in [9.17, 15) is 9.59 Å². The molecule has 1 aromatic rings. The van der Waals surface area contributed by atoms with Gasteiger partial charge in [0, 0.05) is 11.6 Å². The van der Waals surface area contributed by atoms with E-state index in [2.05, 4.69) is 5.32 Å². The van der Waals surface area contributed by atoms with Gasteiger partial charge < -0.3 is 10.1 Å². The third kappa shape index (κ3) is 2.93. The second kappa shape index (κ2) is 6.11. The summed E-state index contributed by atoms with van der Waals surface area (Å²) in [6, 6.07) is 9.72. The summed E-state index contributed by atoms with van der Waals surface area (Å²) in [5.41, 5.74) is 0.436. The molecule has 4 nitrogen and oxygen atoms in total. The summed E-state index contributed by atoms with van der Waals surface area (Å²) in [5.74, 6) is 1.76. The van der Waals surface area contributed by atoms with Gasteiger partial charge in [0.05, 0.1) is 5.41 Å². The van der Waals surface area contributed by atoms with Crippen LogP contribution < -0.4 is 5.32 Å². The SMILES string of the molecule is O=C(NC1CC1)[C@H](OC(=O)C12CC3CC(CC(C3)C1)C2)c1ccccc1. The monoisotopic (exact) mass is 353 g/mol. The Hall–Kier alpha value is -1.84. The van der Waals surface area contributed by atoms with E-state index in [0.29, 0.717) is 17.8 Å². The maximum absolute atomic E-state index is 13.3. The van der Waals surface area contributed by atoms with Gasteiger partial charge in [-0.3, -0.25) is 9.59 Å². The number of amides is 1. The smallest absolute Gasteiger partial charge is 0.313 e. The van der Waals surface area contributed by atoms with Crippen molar-refractivity contribution in [3.8, 4) is 0 Å². The van der Waals surface area contributed by atoms with Crippen molar-refractivity contribution in [2.24, 2.45) is 23.2 Å². The van der Waals surface area contributed by atoms with Gasteiger partial charge in [-0.15, -0.1) is 0 Å². The Labute approximate surface area is 154 Å². The molecular formula is C22H27NO3. The Morgan fingerprint density at radius 1 is 0.962 bits per heavy atom. The number of hydrogen-bond acceptors (Lipinski definition) is 3. The van der Waals surface area contributed by atoms with E-state index in [1.807, 2.05) is 30.3 Å². The van der Waals surface area contributed by atoms with Crippen LogP contribution in [-0.4, -0.2) is 17.9 Å². The van der Waals surface area contributed by atoms with Gasteiger partial charge >= 0.3 is 5.97 Å². The van der Waals surface area contributed by atoms with Gasteiger partial charge in [-0.2, -0.15) is 0 Å². The van der Waals surface area contributed by atoms with Gasteiger partial charge in [0.25, 0.3) is 5.91 Å². The lowest BCUT2D eigenvalue weighted by Crippen LogP contribution is -2.51. The van der Waals surface area contributed by atoms with Gasteiger partial charge in [-0.1, -0.05) is 30.3 Å². The predicted molar refractivity (Wildman–Crippen MR) is 97.0 cm³/mol. The molecule has 5 saturated carbocycles. The van der Waals surface area contributed by atoms with Crippen LogP contribution in [0.1, 0.15) is 63.0 Å². The third-order valence-corrected chi connectivity index (χ3v) is 6.96. The number of carbonyl (C=O) groups excluding carboxylic acids is 2. The van der Waals surface area contributed by atoms with Gasteiger partial charge in [0.2, 0.25) is 6.10 Å². The fourth-order valence-electron chi connectivity index (χ4n) is 6.00. The molecule has 4 bridgehead atoms. The lowest BCUT2D eigenvalue weighted by atomic mass is 9.49. The van der Waals surface area contributed by atoms with Crippen LogP contribution in [0, 0.1) is 23.2 Å². The molecule has 0 heterocycles. The van der Waals surface area contributed by atoms with Gasteiger partial charge in [-0.25, -0.2) is 0 Å². The molecule has 4 heteroatoms. The molecule has 1 aromatic carbocycles. The van der Waals surface area contributed by atoms with E-state index < -0.39 is 6.10 Å². The molecule has 26 heavy (non-hydrogen) atoms. The average molecular weight is 353 g/mol. The van der Waals surface area contributed by atoms with Gasteiger partial charge in [0.15, 0.2) is 0 Å². The molecule has 0 aromatic heterocycles. The topological polar surface area (TPSA) is 55.4 Å². The van der Waals surface area contributed by atoms with Crippen LogP contribution in [0.3, 0.4) is 0 Å². The van der Waals surface area contributed by atoms with Crippen molar-refractivity contribution < 1.29 is 14.3 Å². The van der Waals surface area contributed by atoms with Crippen LogP contribution >= 0.6 is 0 Å². The Kier molecular flexibility index (Phi) is 3.84. The van der Waals surface area contributed by atoms with E-state index in [4.69, 9.17) is 4.74 Å². The van der Waals surface area contributed by atoms with E-state index in [0.717, 1.165) is 37.7 Å². The van der Waals surface area contributed by atoms with Crippen molar-refractivity contribution in [1.82, 2.24) is 5.32 Å². The fourth-order valence-corrected chi connectivity index (χ4v) is 6.00. The first-order valence-electron chi connectivity index (χ1n) is 10.2. The molecule has 0 radical (unpaired) electrons. The van der Waals surface area contributed by atoms with Crippen molar-refractivity contribution in [2.75, 3.05) is 0 Å². The number of hydrogen-bond donors (Lipinski definition) is 1. The van der Waals surface area contributed by atoms with E-state index in [1.165, 1.54) is 19.3 Å². The van der Waals surface area contributed by atoms with Crippen LogP contribution in [0.25, 0.3) is 0 Å². The highest BCUT2D eigenvalue weighted by atomic mass is 16.5. The first kappa shape index (κ1) is 16.3. The first-order valence-corrected chi connectivity index (χ1v) is 10.2. The van der Waals surface area contributed by atoms with Gasteiger partial charge in [0.1, 0.15) is 0 Å². The minimum Gasteiger partial charge on any atom is -0.447 e. The molecule has 5 fully saturated rings. The summed E-state index contributed by atoms with van der Waals surface area (Å²) in [6.07, 6.45) is 7.98. The molecule has 5 aliphatic carbocycles. The Morgan fingerprint density at radius 3 is 2.08 bits per heavy atom. The van der Waals surface area contributed by atoms with Crippen LogP contribution in [0.15, 0.2) is 30.3 Å². The normalized spacial score (nSPS) is 35.8. The molecule has 0 aliphatic heterocycles. The van der Waals surface area contributed by atoms with Gasteiger partial charge in [-0.05, 0) is 69.1 Å². The predicted octanol–water partition coefficient (Wildman–Crippen LogP) is 3.77. The minimum atomic E-state index is -0.822. The number of nitrogens with one attached hydrogen (secondary N) is 1. The second-order valence-corrected chi connectivity index (χ2v) is 9.18. The molecular weight excluding hydrogens is 326 g/mol. The highest BCUT2D eigenvalue weighted by Crippen LogP contribution is 2.60. The molecule has 138 valence electrons. The standard InChI is InChI=1S/C22H27NO3/c24-20(23-18-6-7-18)19(17-4-2-1-3-5-17)26-21(25)22-11-14-8-15(12-22)10-16(9-14)13-22/h1-5,14-16,18-19H,6-13H2,(H,23,24)/t14?,15?,16?,19-,22?/m1/s1. The van der Waals surface area contributed by atoms with Crippen molar-refractivity contribution >= 4 is 11.9 Å². The van der Waals surface area contributed by atoms with E-state index >= 15 is 0 Å². The number of benzene rings is 1. The summed E-state index contributed by atoms with van der Waals surface area (Å²) >= 11 is 0. The zero-order chi connectivity index (χ0) is 17.7. The van der Waals surface area contributed by atoms with Crippen molar-refractivity contribution in [3.05, 3.63) is 35.9 Å². The summed E-state index contributed by atoms with van der Waals surface area (Å²) in [6.45, 7) is 0. The lowest BCUT2D eigenvalue weighted by molar-refractivity contribution is -0.180. The summed E-state index contributed by atoms with van der Waals surface area (Å²) < 4.78 is 5.96. The number of carbonyl (C=O) groups is 2. The van der Waals surface area contributed by atoms with Crippen LogP contribution in [0.5, 0.6) is 0 Å². The Balaban J connectivity index is 1.37. The van der Waals surface area contributed by atoms with E-state index in [1.54, 1.807) is 0 Å². The number of ether oxygens (including phenoxy) is 1. The molecule has 1 atom stereocenters. The molecule has 0 saturated heterocycles. The second-order valence-electron chi connectivity index (χ2n) is 9.18. The number of esters is 1. The first-order chi connectivity index (χ1) is 12.6. The molecule has 1 amide bonds. The number of rotatable bonds is 5. The maximum Gasteiger partial charge on any atom is 0.313 e. The Bertz CT molecular complexity index is 674. The van der Waals surface area contributed by atoms with Crippen molar-refractivity contribution in [1.29, 1.82) is 0 Å². The van der Waals surface area contributed by atoms with Crippen LogP contribution in [0.4, 0.5) is 0 Å². The van der Waals surface area contributed by atoms with E-state index in [-0.39, 0.29) is 23.3 Å². The van der Waals surface area contributed by atoms with Crippen molar-refractivity contribution in [3.63, 3.8) is 0 Å². The molecule has 0 spiro atoms. The quantitative estimate of drug-likeness (QED) is 0.820. The third-order valence-electron chi connectivity index (χ3n) is 6.96.